The minimum Gasteiger partial charge on any atom is -0.380 e. The van der Waals surface area contributed by atoms with Gasteiger partial charge in [-0.05, 0) is 37.3 Å². The summed E-state index contributed by atoms with van der Waals surface area (Å²) in [6.07, 6.45) is 2.48. The third kappa shape index (κ3) is 3.79. The number of sulfonamides is 1. The lowest BCUT2D eigenvalue weighted by molar-refractivity contribution is 0.117. The highest BCUT2D eigenvalue weighted by Gasteiger charge is 2.24. The Balaban J connectivity index is 1.92. The summed E-state index contributed by atoms with van der Waals surface area (Å²) in [6, 6.07) is 1.70. The molecule has 2 N–H and O–H groups in total. The van der Waals surface area contributed by atoms with Crippen LogP contribution in [0.25, 0.3) is 0 Å². The zero-order chi connectivity index (χ0) is 14.8. The zero-order valence-corrected chi connectivity index (χ0v) is 13.6. The number of aryl methyl sites for hydroxylation is 1. The fourth-order valence-electron chi connectivity index (χ4n) is 1.82. The van der Waals surface area contributed by atoms with Gasteiger partial charge in [0.1, 0.15) is 4.21 Å². The first-order valence-electron chi connectivity index (χ1n) is 6.78. The molecule has 1 aliphatic carbocycles. The van der Waals surface area contributed by atoms with E-state index in [0.29, 0.717) is 29.8 Å². The summed E-state index contributed by atoms with van der Waals surface area (Å²) >= 11 is 1.25. The van der Waals surface area contributed by atoms with E-state index in [-0.39, 0.29) is 0 Å². The molecule has 20 heavy (non-hydrogen) atoms. The van der Waals surface area contributed by atoms with Crippen LogP contribution in [0.1, 0.15) is 23.3 Å². The fourth-order valence-corrected chi connectivity index (χ4v) is 4.65. The van der Waals surface area contributed by atoms with E-state index in [2.05, 4.69) is 0 Å². The van der Waals surface area contributed by atoms with Crippen LogP contribution in [0.5, 0.6) is 0 Å². The maximum Gasteiger partial charge on any atom is 0.252 e. The highest BCUT2D eigenvalue weighted by Crippen LogP contribution is 2.29. The first-order valence-corrected chi connectivity index (χ1v) is 9.04. The van der Waals surface area contributed by atoms with Crippen LogP contribution in [0, 0.1) is 12.8 Å². The highest BCUT2D eigenvalue weighted by molar-refractivity contribution is 7.91. The van der Waals surface area contributed by atoms with Crippen molar-refractivity contribution in [3.63, 3.8) is 0 Å². The predicted molar refractivity (Wildman–Crippen MR) is 80.3 cm³/mol. The van der Waals surface area contributed by atoms with Gasteiger partial charge in [0.25, 0.3) is 10.0 Å². The Morgan fingerprint density at radius 3 is 2.75 bits per heavy atom. The van der Waals surface area contributed by atoms with Gasteiger partial charge in [-0.2, -0.15) is 4.31 Å². The molecule has 0 aliphatic heterocycles. The Morgan fingerprint density at radius 1 is 1.50 bits per heavy atom. The Hall–Kier alpha value is -0.470. The van der Waals surface area contributed by atoms with Crippen molar-refractivity contribution in [2.75, 3.05) is 26.8 Å². The van der Waals surface area contributed by atoms with E-state index in [9.17, 15) is 8.42 Å². The molecule has 1 saturated carbocycles. The molecule has 0 atom stereocenters. The third-order valence-corrected chi connectivity index (χ3v) is 7.01. The summed E-state index contributed by atoms with van der Waals surface area (Å²) in [4.78, 5) is 0.918. The molecule has 0 aromatic carbocycles. The second kappa shape index (κ2) is 6.53. The summed E-state index contributed by atoms with van der Waals surface area (Å²) in [6.45, 7) is 3.84. The second-order valence-electron chi connectivity index (χ2n) is 5.22. The molecule has 0 amide bonds. The van der Waals surface area contributed by atoms with Crippen LogP contribution in [0.2, 0.25) is 0 Å². The zero-order valence-electron chi connectivity index (χ0n) is 12.0. The molecule has 1 heterocycles. The van der Waals surface area contributed by atoms with Crippen molar-refractivity contribution < 1.29 is 13.2 Å². The van der Waals surface area contributed by atoms with Gasteiger partial charge in [0.05, 0.1) is 6.61 Å². The molecule has 2 rings (SSSR count). The topological polar surface area (TPSA) is 72.6 Å². The summed E-state index contributed by atoms with van der Waals surface area (Å²) in [5.41, 5.74) is 6.54. The monoisotopic (exact) mass is 318 g/mol. The number of hydrogen-bond donors (Lipinski definition) is 1. The molecule has 114 valence electrons. The summed E-state index contributed by atoms with van der Waals surface area (Å²) in [5.74, 6) is 0.698. The van der Waals surface area contributed by atoms with Crippen LogP contribution < -0.4 is 5.73 Å². The summed E-state index contributed by atoms with van der Waals surface area (Å²) < 4.78 is 32.0. The molecule has 0 radical (unpaired) electrons. The minimum absolute atomic E-state index is 0.361. The van der Waals surface area contributed by atoms with Crippen molar-refractivity contribution >= 4 is 21.4 Å². The lowest BCUT2D eigenvalue weighted by atomic mass is 10.3. The molecule has 0 bridgehead atoms. The van der Waals surface area contributed by atoms with E-state index in [1.807, 2.05) is 6.92 Å². The Bertz CT molecular complexity index is 550. The van der Waals surface area contributed by atoms with Gasteiger partial charge in [-0.25, -0.2) is 8.42 Å². The lowest BCUT2D eigenvalue weighted by Crippen LogP contribution is -2.30. The van der Waals surface area contributed by atoms with Gasteiger partial charge in [0.2, 0.25) is 0 Å². The molecule has 5 nitrogen and oxygen atoms in total. The number of hydrogen-bond acceptors (Lipinski definition) is 5. The molecule has 1 fully saturated rings. The van der Waals surface area contributed by atoms with Gasteiger partial charge < -0.3 is 10.5 Å². The fraction of sp³-hybridized carbons (Fsp3) is 0.692. The van der Waals surface area contributed by atoms with Gasteiger partial charge in [-0.3, -0.25) is 0 Å². The van der Waals surface area contributed by atoms with E-state index in [1.165, 1.54) is 28.5 Å². The van der Waals surface area contributed by atoms with Gasteiger partial charge in [0, 0.05) is 31.6 Å². The van der Waals surface area contributed by atoms with E-state index < -0.39 is 10.0 Å². The molecule has 0 spiro atoms. The summed E-state index contributed by atoms with van der Waals surface area (Å²) in [7, 11) is -1.83. The molecule has 7 heteroatoms. The first-order chi connectivity index (χ1) is 9.45. The molecule has 1 aromatic rings. The molecule has 1 aromatic heterocycles. The highest BCUT2D eigenvalue weighted by atomic mass is 32.2. The lowest BCUT2D eigenvalue weighted by Gasteiger charge is -2.15. The first kappa shape index (κ1) is 15.9. The maximum absolute atomic E-state index is 12.4. The van der Waals surface area contributed by atoms with Crippen LogP contribution in [-0.2, 0) is 21.3 Å². The summed E-state index contributed by atoms with van der Waals surface area (Å²) in [5, 5.41) is 0. The average Bonchev–Trinajstić information content (AvgIpc) is 3.15. The van der Waals surface area contributed by atoms with Crippen LogP contribution in [0.4, 0.5) is 0 Å². The molecule has 0 saturated heterocycles. The number of nitrogens with zero attached hydrogens (tertiary/aromatic N) is 1. The van der Waals surface area contributed by atoms with E-state index in [1.54, 1.807) is 13.1 Å². The van der Waals surface area contributed by atoms with E-state index >= 15 is 0 Å². The molecular formula is C13H22N2O3S2. The van der Waals surface area contributed by atoms with Crippen LogP contribution in [0.3, 0.4) is 0 Å². The van der Waals surface area contributed by atoms with Crippen LogP contribution in [-0.4, -0.2) is 39.5 Å². The van der Waals surface area contributed by atoms with Gasteiger partial charge >= 0.3 is 0 Å². The van der Waals surface area contributed by atoms with Gasteiger partial charge in [0.15, 0.2) is 0 Å². The Morgan fingerprint density at radius 2 is 2.20 bits per heavy atom. The standard InChI is InChI=1S/C13H22N2O3S2/c1-10-7-13(19-12(10)8-14)20(16,17)15(2)5-6-18-9-11-3-4-11/h7,11H,3-6,8-9,14H2,1-2H3. The average molecular weight is 318 g/mol. The largest absolute Gasteiger partial charge is 0.380 e. The quantitative estimate of drug-likeness (QED) is 0.738. The van der Waals surface area contributed by atoms with Gasteiger partial charge in [-0.1, -0.05) is 0 Å². The van der Waals surface area contributed by atoms with Crippen molar-refractivity contribution in [2.45, 2.75) is 30.5 Å². The van der Waals surface area contributed by atoms with Crippen LogP contribution >= 0.6 is 11.3 Å². The normalized spacial score (nSPS) is 16.0. The number of thiophene rings is 1. The SMILES string of the molecule is Cc1cc(S(=O)(=O)N(C)CCOCC2CC2)sc1CN. The predicted octanol–water partition coefficient (Wildman–Crippen LogP) is 1.56. The number of nitrogens with two attached hydrogens (primary N) is 1. The number of rotatable bonds is 8. The third-order valence-electron chi connectivity index (χ3n) is 3.45. The smallest absolute Gasteiger partial charge is 0.252 e. The number of likely N-dealkylation sites (N-methyl/N-ethyl adjacent to an activating group) is 1. The van der Waals surface area contributed by atoms with Crippen LogP contribution in [0.15, 0.2) is 10.3 Å². The molecular weight excluding hydrogens is 296 g/mol. The van der Waals surface area contributed by atoms with Crippen molar-refractivity contribution in [2.24, 2.45) is 11.7 Å². The van der Waals surface area contributed by atoms with Crippen molar-refractivity contribution in [1.29, 1.82) is 0 Å². The second-order valence-corrected chi connectivity index (χ2v) is 8.63. The number of ether oxygens (including phenoxy) is 1. The maximum atomic E-state index is 12.4. The van der Waals surface area contributed by atoms with Crippen molar-refractivity contribution in [3.8, 4) is 0 Å². The van der Waals surface area contributed by atoms with Gasteiger partial charge in [-0.15, -0.1) is 11.3 Å². The van der Waals surface area contributed by atoms with Crippen molar-refractivity contribution in [3.05, 3.63) is 16.5 Å². The minimum atomic E-state index is -3.42. The molecule has 1 aliphatic rings. The van der Waals surface area contributed by atoms with E-state index in [0.717, 1.165) is 17.0 Å². The molecule has 0 unspecified atom stereocenters. The van der Waals surface area contributed by atoms with E-state index in [4.69, 9.17) is 10.5 Å². The van der Waals surface area contributed by atoms with Crippen molar-refractivity contribution in [1.82, 2.24) is 4.31 Å². The Kier molecular flexibility index (Phi) is 5.19. The Labute approximate surface area is 124 Å².